The van der Waals surface area contributed by atoms with Crippen molar-refractivity contribution in [3.05, 3.63) is 100 Å². The molecule has 0 bridgehead atoms. The van der Waals surface area contributed by atoms with Gasteiger partial charge in [0.1, 0.15) is 11.5 Å². The van der Waals surface area contributed by atoms with E-state index in [0.29, 0.717) is 0 Å². The van der Waals surface area contributed by atoms with Gasteiger partial charge in [0.2, 0.25) is 4.80 Å². The molecular weight excluding hydrogens is 418 g/mol. The first-order valence-electron chi connectivity index (χ1n) is 10.2. The van der Waals surface area contributed by atoms with Crippen LogP contribution in [0.15, 0.2) is 94.3 Å². The van der Waals surface area contributed by atoms with E-state index < -0.39 is 0 Å². The average Bonchev–Trinajstić information content (AvgIpc) is 3.27. The predicted molar refractivity (Wildman–Crippen MR) is 131 cm³/mol. The monoisotopic (exact) mass is 443 g/mol. The topological polar surface area (TPSA) is 48.1 Å². The number of aromatic nitrogens is 1. The van der Waals surface area contributed by atoms with Crippen LogP contribution in [0.3, 0.4) is 0 Å². The van der Waals surface area contributed by atoms with Gasteiger partial charge in [-0.25, -0.2) is 4.68 Å². The van der Waals surface area contributed by atoms with E-state index in [2.05, 4.69) is 53.5 Å². The Kier molecular flexibility index (Phi) is 6.82. The first-order valence-corrected chi connectivity index (χ1v) is 11.1. The Balaban J connectivity index is 1.83. The number of nitrogens with zero attached hydrogens (tertiary/aromatic N) is 3. The molecule has 0 spiro atoms. The lowest BCUT2D eigenvalue weighted by atomic mass is 9.92. The van der Waals surface area contributed by atoms with Crippen LogP contribution in [0.5, 0.6) is 11.5 Å². The summed E-state index contributed by atoms with van der Waals surface area (Å²) in [6.45, 7) is 0. The zero-order valence-corrected chi connectivity index (χ0v) is 19.1. The van der Waals surface area contributed by atoms with Crippen LogP contribution >= 0.6 is 11.3 Å². The molecule has 0 fully saturated rings. The van der Waals surface area contributed by atoms with E-state index in [1.54, 1.807) is 21.3 Å². The van der Waals surface area contributed by atoms with E-state index in [4.69, 9.17) is 14.6 Å². The summed E-state index contributed by atoms with van der Waals surface area (Å²) in [7, 11) is 5.09. The van der Waals surface area contributed by atoms with E-state index in [9.17, 15) is 0 Å². The summed E-state index contributed by atoms with van der Waals surface area (Å²) in [5, 5.41) is 6.95. The van der Waals surface area contributed by atoms with Crippen LogP contribution in [0.2, 0.25) is 0 Å². The number of hydrogen-bond acceptors (Lipinski definition) is 5. The molecule has 1 aromatic heterocycles. The van der Waals surface area contributed by atoms with Crippen LogP contribution in [0.25, 0.3) is 11.3 Å². The van der Waals surface area contributed by atoms with Crippen molar-refractivity contribution in [1.82, 2.24) is 4.68 Å². The molecule has 0 atom stereocenters. The number of ether oxygens (including phenoxy) is 2. The molecule has 0 amide bonds. The molecule has 0 aliphatic rings. The van der Waals surface area contributed by atoms with Gasteiger partial charge in [-0.1, -0.05) is 60.7 Å². The average molecular weight is 444 g/mol. The quantitative estimate of drug-likeness (QED) is 0.358. The molecule has 0 radical (unpaired) electrons. The number of hydrogen-bond donors (Lipinski definition) is 0. The fourth-order valence-corrected chi connectivity index (χ4v) is 4.38. The van der Waals surface area contributed by atoms with Crippen molar-refractivity contribution in [2.24, 2.45) is 10.1 Å². The molecule has 0 saturated carbocycles. The summed E-state index contributed by atoms with van der Waals surface area (Å²) >= 11 is 1.53. The Morgan fingerprint density at radius 1 is 0.875 bits per heavy atom. The fraction of sp³-hybridized carbons (Fsp3) is 0.154. The van der Waals surface area contributed by atoms with Gasteiger partial charge in [-0.2, -0.15) is 5.10 Å². The molecule has 0 N–H and O–H groups in total. The number of benzene rings is 3. The highest BCUT2D eigenvalue weighted by atomic mass is 32.1. The third-order valence-electron chi connectivity index (χ3n) is 5.21. The fourth-order valence-electron chi connectivity index (χ4n) is 3.58. The van der Waals surface area contributed by atoms with E-state index in [1.165, 1.54) is 22.5 Å². The van der Waals surface area contributed by atoms with Gasteiger partial charge < -0.3 is 9.47 Å². The van der Waals surface area contributed by atoms with Crippen LogP contribution in [-0.2, 0) is 0 Å². The van der Waals surface area contributed by atoms with Gasteiger partial charge in [0, 0.05) is 30.1 Å². The van der Waals surface area contributed by atoms with Crippen molar-refractivity contribution < 1.29 is 9.47 Å². The second-order valence-electron chi connectivity index (χ2n) is 7.07. The van der Waals surface area contributed by atoms with E-state index in [-0.39, 0.29) is 5.92 Å². The van der Waals surface area contributed by atoms with Crippen LogP contribution in [0.4, 0.5) is 0 Å². The standard InChI is InChI=1S/C26H25N3O2S/c1-27-26-29(24(18-32-26)22-16-21(30-2)14-15-25(22)31-3)28-17-23(19-10-6-4-7-11-19)20-12-8-5-9-13-20/h4-18,23H,1-3H3. The zero-order chi connectivity index (χ0) is 22.3. The molecule has 5 nitrogen and oxygen atoms in total. The second-order valence-corrected chi connectivity index (χ2v) is 7.91. The van der Waals surface area contributed by atoms with Gasteiger partial charge in [0.05, 0.1) is 19.9 Å². The summed E-state index contributed by atoms with van der Waals surface area (Å²) in [6, 6.07) is 26.5. The minimum absolute atomic E-state index is 0.00885. The Labute approximate surface area is 191 Å². The first-order chi connectivity index (χ1) is 15.7. The maximum absolute atomic E-state index is 5.61. The number of rotatable bonds is 7. The van der Waals surface area contributed by atoms with Crippen molar-refractivity contribution in [3.8, 4) is 22.8 Å². The predicted octanol–water partition coefficient (Wildman–Crippen LogP) is 5.43. The zero-order valence-electron chi connectivity index (χ0n) is 18.3. The molecule has 6 heteroatoms. The molecular formula is C26H25N3O2S. The number of thiazole rings is 1. The van der Waals surface area contributed by atoms with Gasteiger partial charge in [0.25, 0.3) is 0 Å². The summed E-state index contributed by atoms with van der Waals surface area (Å²) in [5.41, 5.74) is 4.14. The first kappa shape index (κ1) is 21.6. The molecule has 4 aromatic rings. The summed E-state index contributed by atoms with van der Waals surface area (Å²) in [6.07, 6.45) is 1.97. The lowest BCUT2D eigenvalue weighted by molar-refractivity contribution is 0.404. The number of methoxy groups -OCH3 is 2. The molecule has 162 valence electrons. The lowest BCUT2D eigenvalue weighted by Crippen LogP contribution is -2.13. The van der Waals surface area contributed by atoms with Crippen molar-refractivity contribution in [1.29, 1.82) is 0 Å². The van der Waals surface area contributed by atoms with Crippen molar-refractivity contribution >= 4 is 17.6 Å². The minimum Gasteiger partial charge on any atom is -0.497 e. The largest absolute Gasteiger partial charge is 0.497 e. The molecule has 0 aliphatic heterocycles. The molecule has 3 aromatic carbocycles. The third kappa shape index (κ3) is 4.50. The van der Waals surface area contributed by atoms with Crippen LogP contribution in [0.1, 0.15) is 17.0 Å². The molecule has 32 heavy (non-hydrogen) atoms. The van der Waals surface area contributed by atoms with E-state index >= 15 is 0 Å². The maximum Gasteiger partial charge on any atom is 0.205 e. The van der Waals surface area contributed by atoms with Gasteiger partial charge in [-0.05, 0) is 29.3 Å². The van der Waals surface area contributed by atoms with Gasteiger partial charge in [0.15, 0.2) is 0 Å². The molecule has 4 rings (SSSR count). The minimum atomic E-state index is 0.00885. The Bertz CT molecular complexity index is 1220. The van der Waals surface area contributed by atoms with E-state index in [1.807, 2.05) is 46.6 Å². The smallest absolute Gasteiger partial charge is 0.205 e. The molecule has 0 saturated heterocycles. The van der Waals surface area contributed by atoms with Crippen LogP contribution in [-0.4, -0.2) is 32.2 Å². The normalized spacial score (nSPS) is 11.9. The van der Waals surface area contributed by atoms with Crippen molar-refractivity contribution in [2.75, 3.05) is 21.3 Å². The summed E-state index contributed by atoms with van der Waals surface area (Å²) in [5.74, 6) is 1.51. The summed E-state index contributed by atoms with van der Waals surface area (Å²) < 4.78 is 12.9. The Hall–Kier alpha value is -3.64. The highest BCUT2D eigenvalue weighted by molar-refractivity contribution is 7.07. The Morgan fingerprint density at radius 3 is 2.09 bits per heavy atom. The molecule has 0 unspecified atom stereocenters. The highest BCUT2D eigenvalue weighted by Gasteiger charge is 2.16. The maximum atomic E-state index is 5.61. The third-order valence-corrected chi connectivity index (χ3v) is 6.12. The molecule has 0 aliphatic carbocycles. The van der Waals surface area contributed by atoms with Crippen molar-refractivity contribution in [3.63, 3.8) is 0 Å². The highest BCUT2D eigenvalue weighted by Crippen LogP contribution is 2.34. The van der Waals surface area contributed by atoms with Crippen LogP contribution in [0, 0.1) is 0 Å². The Morgan fingerprint density at radius 2 is 1.53 bits per heavy atom. The van der Waals surface area contributed by atoms with Gasteiger partial charge in [-0.3, -0.25) is 4.99 Å². The second kappa shape index (κ2) is 10.1. The van der Waals surface area contributed by atoms with Gasteiger partial charge in [-0.15, -0.1) is 11.3 Å². The lowest BCUT2D eigenvalue weighted by Gasteiger charge is -2.14. The van der Waals surface area contributed by atoms with Gasteiger partial charge >= 0.3 is 0 Å². The molecule has 1 heterocycles. The summed E-state index contributed by atoms with van der Waals surface area (Å²) in [4.78, 5) is 5.23. The van der Waals surface area contributed by atoms with E-state index in [0.717, 1.165) is 27.6 Å². The SMILES string of the molecule is CN=c1scc(-c2cc(OC)ccc2OC)n1N=CC(c1ccccc1)c1ccccc1. The van der Waals surface area contributed by atoms with Crippen LogP contribution < -0.4 is 14.3 Å². The van der Waals surface area contributed by atoms with Crippen molar-refractivity contribution in [2.45, 2.75) is 5.92 Å².